The third-order valence-electron chi connectivity index (χ3n) is 3.59. The Labute approximate surface area is 112 Å². The molecule has 1 saturated carbocycles. The zero-order valence-corrected chi connectivity index (χ0v) is 12.0. The quantitative estimate of drug-likeness (QED) is 0.805. The van der Waals surface area contributed by atoms with E-state index < -0.39 is 0 Å². The summed E-state index contributed by atoms with van der Waals surface area (Å²) < 4.78 is 4.98. The molecule has 1 heterocycles. The molecule has 0 spiro atoms. The fraction of sp³-hybridized carbons (Fsp3) is 0.692. The predicted octanol–water partition coefficient (Wildman–Crippen LogP) is 3.23. The summed E-state index contributed by atoms with van der Waals surface area (Å²) in [6, 6.07) is 0. The number of hydrogen-bond acceptors (Lipinski definition) is 5. The van der Waals surface area contributed by atoms with Crippen molar-refractivity contribution in [3.63, 3.8) is 0 Å². The maximum absolute atomic E-state index is 11.6. The van der Waals surface area contributed by atoms with Gasteiger partial charge in [-0.15, -0.1) is 11.3 Å². The molecule has 0 atom stereocenters. The van der Waals surface area contributed by atoms with Gasteiger partial charge in [-0.2, -0.15) is 0 Å². The van der Waals surface area contributed by atoms with Gasteiger partial charge in [-0.25, -0.2) is 9.78 Å². The van der Waals surface area contributed by atoms with Crippen molar-refractivity contribution in [3.8, 4) is 0 Å². The first-order valence-electron chi connectivity index (χ1n) is 6.48. The van der Waals surface area contributed by atoms with Crippen molar-refractivity contribution in [1.29, 1.82) is 0 Å². The van der Waals surface area contributed by atoms with Gasteiger partial charge in [-0.05, 0) is 38.5 Å². The number of thiazole rings is 1. The Hall–Kier alpha value is -1.10. The van der Waals surface area contributed by atoms with Crippen LogP contribution in [0, 0.1) is 12.3 Å². The molecule has 0 amide bonds. The first kappa shape index (κ1) is 13.3. The highest BCUT2D eigenvalue weighted by molar-refractivity contribution is 7.15. The molecular weight excluding hydrogens is 248 g/mol. The second-order valence-corrected chi connectivity index (χ2v) is 6.05. The zero-order valence-electron chi connectivity index (χ0n) is 11.2. The maximum Gasteiger partial charge on any atom is 0.358 e. The number of nitrogens with zero attached hydrogens (tertiary/aromatic N) is 1. The van der Waals surface area contributed by atoms with Crippen LogP contribution < -0.4 is 5.32 Å². The minimum atomic E-state index is -0.323. The van der Waals surface area contributed by atoms with Gasteiger partial charge in [0.25, 0.3) is 0 Å². The largest absolute Gasteiger partial charge is 0.461 e. The maximum atomic E-state index is 11.6. The van der Waals surface area contributed by atoms with Gasteiger partial charge >= 0.3 is 5.97 Å². The molecule has 1 fully saturated rings. The highest BCUT2D eigenvalue weighted by Gasteiger charge is 2.40. The summed E-state index contributed by atoms with van der Waals surface area (Å²) in [5.74, 6) is -0.323. The Balaban J connectivity index is 1.98. The Kier molecular flexibility index (Phi) is 3.90. The van der Waals surface area contributed by atoms with Crippen molar-refractivity contribution >= 4 is 22.4 Å². The molecule has 1 aliphatic carbocycles. The van der Waals surface area contributed by atoms with E-state index in [0.29, 0.717) is 17.7 Å². The van der Waals surface area contributed by atoms with Crippen molar-refractivity contribution in [1.82, 2.24) is 4.98 Å². The van der Waals surface area contributed by atoms with Crippen LogP contribution in [0.5, 0.6) is 0 Å². The molecule has 0 bridgehead atoms. The molecule has 1 aliphatic rings. The van der Waals surface area contributed by atoms with Crippen molar-refractivity contribution in [2.45, 2.75) is 40.0 Å². The second kappa shape index (κ2) is 5.26. The summed E-state index contributed by atoms with van der Waals surface area (Å²) in [6.07, 6.45) is 3.80. The van der Waals surface area contributed by atoms with Crippen LogP contribution in [-0.2, 0) is 4.74 Å². The number of rotatable bonds is 6. The lowest BCUT2D eigenvalue weighted by Crippen LogP contribution is -2.14. The van der Waals surface area contributed by atoms with E-state index in [2.05, 4.69) is 17.2 Å². The average Bonchev–Trinajstić information content (AvgIpc) is 3.04. The molecule has 1 aromatic heterocycles. The standard InChI is InChI=1S/C13H20N2O2S/c1-4-13(6-7-13)8-14-12-15-10(9(3)18-12)11(16)17-5-2/h4-8H2,1-3H3,(H,14,15). The van der Waals surface area contributed by atoms with Crippen molar-refractivity contribution in [3.05, 3.63) is 10.6 Å². The lowest BCUT2D eigenvalue weighted by molar-refractivity contribution is 0.0519. The minimum absolute atomic E-state index is 0.323. The zero-order chi connectivity index (χ0) is 13.2. The molecule has 0 radical (unpaired) electrons. The topological polar surface area (TPSA) is 51.2 Å². The predicted molar refractivity (Wildman–Crippen MR) is 73.3 cm³/mol. The number of esters is 1. The van der Waals surface area contributed by atoms with E-state index in [0.717, 1.165) is 16.6 Å². The van der Waals surface area contributed by atoms with Gasteiger partial charge in [-0.3, -0.25) is 0 Å². The average molecular weight is 268 g/mol. The molecular formula is C13H20N2O2S. The lowest BCUT2D eigenvalue weighted by Gasteiger charge is -2.11. The van der Waals surface area contributed by atoms with Gasteiger partial charge < -0.3 is 10.1 Å². The van der Waals surface area contributed by atoms with Crippen LogP contribution in [0.25, 0.3) is 0 Å². The Morgan fingerprint density at radius 3 is 2.78 bits per heavy atom. The summed E-state index contributed by atoms with van der Waals surface area (Å²) in [7, 11) is 0. The fourth-order valence-electron chi connectivity index (χ4n) is 1.96. The lowest BCUT2D eigenvalue weighted by atomic mass is 10.0. The van der Waals surface area contributed by atoms with E-state index in [1.165, 1.54) is 30.6 Å². The van der Waals surface area contributed by atoms with Crippen LogP contribution in [0.2, 0.25) is 0 Å². The normalized spacial score (nSPS) is 16.4. The summed E-state index contributed by atoms with van der Waals surface area (Å²) in [5, 5.41) is 4.19. The molecule has 1 N–H and O–H groups in total. The highest BCUT2D eigenvalue weighted by Crippen LogP contribution is 2.48. The molecule has 0 saturated heterocycles. The number of carbonyl (C=O) groups is 1. The number of aryl methyl sites for hydroxylation is 1. The van der Waals surface area contributed by atoms with Crippen molar-refractivity contribution in [2.24, 2.45) is 5.41 Å². The molecule has 0 unspecified atom stereocenters. The molecule has 5 heteroatoms. The number of nitrogens with one attached hydrogen (secondary N) is 1. The number of anilines is 1. The van der Waals surface area contributed by atoms with Crippen LogP contribution in [0.4, 0.5) is 5.13 Å². The molecule has 4 nitrogen and oxygen atoms in total. The van der Waals surface area contributed by atoms with Gasteiger partial charge in [0.15, 0.2) is 10.8 Å². The summed E-state index contributed by atoms with van der Waals surface area (Å²) in [4.78, 5) is 16.9. The van der Waals surface area contributed by atoms with E-state index in [1.54, 1.807) is 6.92 Å². The first-order chi connectivity index (χ1) is 8.60. The molecule has 0 aliphatic heterocycles. The van der Waals surface area contributed by atoms with Crippen molar-refractivity contribution in [2.75, 3.05) is 18.5 Å². The number of carbonyl (C=O) groups excluding carboxylic acids is 1. The van der Waals surface area contributed by atoms with E-state index >= 15 is 0 Å². The summed E-state index contributed by atoms with van der Waals surface area (Å²) >= 11 is 1.52. The fourth-order valence-corrected chi connectivity index (χ4v) is 2.75. The van der Waals surface area contributed by atoms with Gasteiger partial charge in [-0.1, -0.05) is 6.92 Å². The smallest absolute Gasteiger partial charge is 0.358 e. The van der Waals surface area contributed by atoms with E-state index in [9.17, 15) is 4.79 Å². The van der Waals surface area contributed by atoms with Crippen LogP contribution in [0.1, 0.15) is 48.5 Å². The minimum Gasteiger partial charge on any atom is -0.461 e. The van der Waals surface area contributed by atoms with Crippen LogP contribution in [-0.4, -0.2) is 24.1 Å². The van der Waals surface area contributed by atoms with Gasteiger partial charge in [0.2, 0.25) is 0 Å². The van der Waals surface area contributed by atoms with Crippen molar-refractivity contribution < 1.29 is 9.53 Å². The van der Waals surface area contributed by atoms with Crippen LogP contribution in [0.3, 0.4) is 0 Å². The SMILES string of the molecule is CCOC(=O)c1nc(NCC2(CC)CC2)sc1C. The molecule has 1 aromatic rings. The second-order valence-electron chi connectivity index (χ2n) is 4.85. The summed E-state index contributed by atoms with van der Waals surface area (Å²) in [6.45, 7) is 7.28. The van der Waals surface area contributed by atoms with Gasteiger partial charge in [0.1, 0.15) is 0 Å². The monoisotopic (exact) mass is 268 g/mol. The molecule has 18 heavy (non-hydrogen) atoms. The number of ether oxygens (including phenoxy) is 1. The third kappa shape index (κ3) is 2.83. The van der Waals surface area contributed by atoms with E-state index in [1.807, 2.05) is 6.92 Å². The molecule has 100 valence electrons. The van der Waals surface area contributed by atoms with E-state index in [-0.39, 0.29) is 5.97 Å². The first-order valence-corrected chi connectivity index (χ1v) is 7.30. The van der Waals surface area contributed by atoms with Crippen LogP contribution >= 0.6 is 11.3 Å². The van der Waals surface area contributed by atoms with Gasteiger partial charge in [0, 0.05) is 11.4 Å². The number of hydrogen-bond donors (Lipinski definition) is 1. The molecule has 2 rings (SSSR count). The molecule has 0 aromatic carbocycles. The van der Waals surface area contributed by atoms with E-state index in [4.69, 9.17) is 4.74 Å². The summed E-state index contributed by atoms with van der Waals surface area (Å²) in [5.41, 5.74) is 0.926. The highest BCUT2D eigenvalue weighted by atomic mass is 32.1. The number of aromatic nitrogens is 1. The Morgan fingerprint density at radius 2 is 2.22 bits per heavy atom. The third-order valence-corrected chi connectivity index (χ3v) is 4.52. The van der Waals surface area contributed by atoms with Gasteiger partial charge in [0.05, 0.1) is 6.61 Å². The van der Waals surface area contributed by atoms with Crippen LogP contribution in [0.15, 0.2) is 0 Å². The Morgan fingerprint density at radius 1 is 1.50 bits per heavy atom. The Bertz CT molecular complexity index is 438.